The molecule has 1 N–H and O–H groups in total. The molecule has 0 unspecified atom stereocenters. The van der Waals surface area contributed by atoms with Crippen molar-refractivity contribution in [2.75, 3.05) is 14.2 Å². The Morgan fingerprint density at radius 2 is 1.86 bits per heavy atom. The lowest BCUT2D eigenvalue weighted by molar-refractivity contribution is -0.387. The Bertz CT molecular complexity index is 1170. The molecule has 29 heavy (non-hydrogen) atoms. The van der Waals surface area contributed by atoms with E-state index in [-0.39, 0.29) is 6.42 Å². The first kappa shape index (κ1) is 20.5. The van der Waals surface area contributed by atoms with Crippen molar-refractivity contribution >= 4 is 32.6 Å². The van der Waals surface area contributed by atoms with E-state index in [0.29, 0.717) is 0 Å². The number of aromatic amines is 1. The number of nitro groups is 1. The number of ether oxygens (including phenoxy) is 1. The molecule has 3 rings (SSSR count). The number of H-pyrrole nitrogens is 1. The van der Waals surface area contributed by atoms with Crippen LogP contribution in [0.3, 0.4) is 0 Å². The van der Waals surface area contributed by atoms with Crippen LogP contribution < -0.4 is 0 Å². The Morgan fingerprint density at radius 3 is 2.55 bits per heavy atom. The first-order chi connectivity index (χ1) is 13.8. The Hall–Kier alpha value is -3.24. The van der Waals surface area contributed by atoms with Gasteiger partial charge in [-0.25, -0.2) is 8.42 Å². The van der Waals surface area contributed by atoms with E-state index in [1.165, 1.54) is 19.2 Å². The van der Waals surface area contributed by atoms with Gasteiger partial charge in [-0.2, -0.15) is 4.31 Å². The summed E-state index contributed by atoms with van der Waals surface area (Å²) in [5, 5.41) is 12.1. The molecule has 152 valence electrons. The first-order valence-corrected chi connectivity index (χ1v) is 10.1. The number of nitrogens with one attached hydrogen (secondary N) is 1. The van der Waals surface area contributed by atoms with Gasteiger partial charge in [0.1, 0.15) is 6.04 Å². The van der Waals surface area contributed by atoms with Gasteiger partial charge in [-0.1, -0.05) is 30.3 Å². The Labute approximate surface area is 167 Å². The minimum absolute atomic E-state index is 0.0348. The highest BCUT2D eigenvalue weighted by molar-refractivity contribution is 7.89. The summed E-state index contributed by atoms with van der Waals surface area (Å²) in [4.78, 5) is 25.5. The van der Waals surface area contributed by atoms with E-state index in [4.69, 9.17) is 4.74 Å². The predicted octanol–water partition coefficient (Wildman–Crippen LogP) is 2.48. The third kappa shape index (κ3) is 3.84. The van der Waals surface area contributed by atoms with Gasteiger partial charge in [-0.05, 0) is 17.7 Å². The van der Waals surface area contributed by atoms with E-state index >= 15 is 0 Å². The van der Waals surface area contributed by atoms with Gasteiger partial charge in [0.25, 0.3) is 5.69 Å². The maximum Gasteiger partial charge on any atom is 0.324 e. The number of nitrogens with zero attached hydrogens (tertiary/aromatic N) is 2. The largest absolute Gasteiger partial charge is 0.468 e. The molecule has 1 heterocycles. The molecule has 0 aliphatic heterocycles. The third-order valence-corrected chi connectivity index (χ3v) is 6.63. The lowest BCUT2D eigenvalue weighted by Gasteiger charge is -2.25. The van der Waals surface area contributed by atoms with E-state index in [1.54, 1.807) is 6.20 Å². The SMILES string of the molecule is COC(=O)[C@H](Cc1c[nH]c2ccccc12)N(C)S(=O)(=O)c1ccccc1[N+](=O)[O-]. The summed E-state index contributed by atoms with van der Waals surface area (Å²) in [6, 6.07) is 11.2. The molecule has 1 atom stereocenters. The molecule has 10 heteroatoms. The number of nitro benzene ring substituents is 1. The number of rotatable bonds is 7. The zero-order chi connectivity index (χ0) is 21.2. The summed E-state index contributed by atoms with van der Waals surface area (Å²) >= 11 is 0. The first-order valence-electron chi connectivity index (χ1n) is 8.61. The van der Waals surface area contributed by atoms with E-state index in [2.05, 4.69) is 4.98 Å². The van der Waals surface area contributed by atoms with Crippen LogP contribution in [0.25, 0.3) is 10.9 Å². The van der Waals surface area contributed by atoms with Gasteiger partial charge in [0.05, 0.1) is 12.0 Å². The average Bonchev–Trinajstić information content (AvgIpc) is 3.13. The summed E-state index contributed by atoms with van der Waals surface area (Å²) < 4.78 is 31.9. The molecule has 0 saturated heterocycles. The number of hydrogen-bond acceptors (Lipinski definition) is 6. The number of benzene rings is 2. The van der Waals surface area contributed by atoms with Gasteiger partial charge in [-0.3, -0.25) is 14.9 Å². The summed E-state index contributed by atoms with van der Waals surface area (Å²) in [5.41, 5.74) is 1.01. The van der Waals surface area contributed by atoms with Crippen molar-refractivity contribution in [3.8, 4) is 0 Å². The van der Waals surface area contributed by atoms with Crippen molar-refractivity contribution in [3.63, 3.8) is 0 Å². The number of methoxy groups -OCH3 is 1. The Kier molecular flexibility index (Phi) is 5.66. The number of para-hydroxylation sites is 2. The minimum Gasteiger partial charge on any atom is -0.468 e. The van der Waals surface area contributed by atoms with Gasteiger partial charge in [0, 0.05) is 36.6 Å². The van der Waals surface area contributed by atoms with Crippen molar-refractivity contribution in [2.45, 2.75) is 17.4 Å². The molecule has 0 saturated carbocycles. The van der Waals surface area contributed by atoms with Crippen LogP contribution in [0.1, 0.15) is 5.56 Å². The fraction of sp³-hybridized carbons (Fsp3) is 0.211. The fourth-order valence-corrected chi connectivity index (χ4v) is 4.62. The molecule has 0 bridgehead atoms. The normalized spacial score (nSPS) is 12.8. The highest BCUT2D eigenvalue weighted by Gasteiger charge is 2.37. The molecule has 0 aliphatic carbocycles. The van der Waals surface area contributed by atoms with Gasteiger partial charge in [0.2, 0.25) is 10.0 Å². The summed E-state index contributed by atoms with van der Waals surface area (Å²) in [6.45, 7) is 0. The minimum atomic E-state index is -4.34. The predicted molar refractivity (Wildman–Crippen MR) is 106 cm³/mol. The second-order valence-corrected chi connectivity index (χ2v) is 8.31. The molecule has 2 aromatic carbocycles. The maximum absolute atomic E-state index is 13.1. The van der Waals surface area contributed by atoms with Crippen molar-refractivity contribution < 1.29 is 22.9 Å². The van der Waals surface area contributed by atoms with E-state index in [0.717, 1.165) is 40.0 Å². The molecular weight excluding hydrogens is 398 g/mol. The van der Waals surface area contributed by atoms with Gasteiger partial charge < -0.3 is 9.72 Å². The molecular formula is C19H19N3O6S. The van der Waals surface area contributed by atoms with Crippen LogP contribution in [0.2, 0.25) is 0 Å². The van der Waals surface area contributed by atoms with Crippen molar-refractivity contribution in [1.82, 2.24) is 9.29 Å². The van der Waals surface area contributed by atoms with Crippen LogP contribution in [0.15, 0.2) is 59.6 Å². The molecule has 0 aliphatic rings. The van der Waals surface area contributed by atoms with Crippen LogP contribution in [-0.4, -0.2) is 48.8 Å². The van der Waals surface area contributed by atoms with Crippen LogP contribution in [0.4, 0.5) is 5.69 Å². The Morgan fingerprint density at radius 1 is 1.21 bits per heavy atom. The quantitative estimate of drug-likeness (QED) is 0.358. The highest BCUT2D eigenvalue weighted by atomic mass is 32.2. The van der Waals surface area contributed by atoms with Gasteiger partial charge >= 0.3 is 5.97 Å². The lowest BCUT2D eigenvalue weighted by atomic mass is 10.1. The highest BCUT2D eigenvalue weighted by Crippen LogP contribution is 2.28. The van der Waals surface area contributed by atoms with E-state index in [1.807, 2.05) is 24.3 Å². The molecule has 9 nitrogen and oxygen atoms in total. The summed E-state index contributed by atoms with van der Waals surface area (Å²) in [6.07, 6.45) is 1.74. The number of fused-ring (bicyclic) bond motifs is 1. The number of carbonyl (C=O) groups excluding carboxylic acids is 1. The number of likely N-dealkylation sites (N-methyl/N-ethyl adjacent to an activating group) is 1. The van der Waals surface area contributed by atoms with Crippen LogP contribution in [-0.2, 0) is 26.0 Å². The topological polar surface area (TPSA) is 123 Å². The van der Waals surface area contributed by atoms with Gasteiger partial charge in [-0.15, -0.1) is 0 Å². The van der Waals surface area contributed by atoms with Crippen molar-refractivity contribution in [2.24, 2.45) is 0 Å². The van der Waals surface area contributed by atoms with Crippen LogP contribution in [0.5, 0.6) is 0 Å². The van der Waals surface area contributed by atoms with E-state index in [9.17, 15) is 23.3 Å². The number of hydrogen-bond donors (Lipinski definition) is 1. The van der Waals surface area contributed by atoms with Gasteiger partial charge in [0.15, 0.2) is 4.90 Å². The fourth-order valence-electron chi connectivity index (χ4n) is 3.15. The summed E-state index contributed by atoms with van der Waals surface area (Å²) in [5.74, 6) is -0.764. The second kappa shape index (κ2) is 8.02. The maximum atomic E-state index is 13.1. The number of carbonyl (C=O) groups is 1. The number of sulfonamides is 1. The average molecular weight is 417 g/mol. The Balaban J connectivity index is 2.03. The monoisotopic (exact) mass is 417 g/mol. The molecule has 0 spiro atoms. The molecule has 1 aromatic heterocycles. The standard InChI is InChI=1S/C19H19N3O6S/c1-21(29(26,27)18-10-6-5-9-16(18)22(24)25)17(19(23)28-2)11-13-12-20-15-8-4-3-7-14(13)15/h3-10,12,17,20H,11H2,1-2H3/t17-/m0/s1. The molecule has 3 aromatic rings. The molecule has 0 fully saturated rings. The number of esters is 1. The third-order valence-electron chi connectivity index (χ3n) is 4.72. The molecule has 0 amide bonds. The van der Waals surface area contributed by atoms with E-state index < -0.39 is 37.5 Å². The van der Waals surface area contributed by atoms with Crippen molar-refractivity contribution in [3.05, 3.63) is 70.4 Å². The molecule has 0 radical (unpaired) electrons. The second-order valence-electron chi connectivity index (χ2n) is 6.35. The number of aromatic nitrogens is 1. The summed E-state index contributed by atoms with van der Waals surface area (Å²) in [7, 11) is -1.97. The zero-order valence-electron chi connectivity index (χ0n) is 15.7. The smallest absolute Gasteiger partial charge is 0.324 e. The van der Waals surface area contributed by atoms with Crippen LogP contribution in [0, 0.1) is 10.1 Å². The zero-order valence-corrected chi connectivity index (χ0v) is 16.5. The lowest BCUT2D eigenvalue weighted by Crippen LogP contribution is -2.44. The van der Waals surface area contributed by atoms with Crippen LogP contribution >= 0.6 is 0 Å². The van der Waals surface area contributed by atoms with Crippen molar-refractivity contribution in [1.29, 1.82) is 0 Å².